The molecule has 2 heterocycles. The first-order valence-electron chi connectivity index (χ1n) is 9.32. The summed E-state index contributed by atoms with van der Waals surface area (Å²) in [4.78, 5) is 5.57. The molecule has 3 unspecified atom stereocenters. The molecule has 3 rings (SSSR count). The minimum Gasteiger partial charge on any atom is -0.319 e. The molecule has 0 aromatic heterocycles. The Balaban J connectivity index is 1.60. The third-order valence-electron chi connectivity index (χ3n) is 6.22. The van der Waals surface area contributed by atoms with Crippen LogP contribution in [0.4, 0.5) is 0 Å². The van der Waals surface area contributed by atoms with E-state index in [4.69, 9.17) is 0 Å². The van der Waals surface area contributed by atoms with Crippen LogP contribution in [0, 0.1) is 11.3 Å². The highest BCUT2D eigenvalue weighted by atomic mass is 15.3. The van der Waals surface area contributed by atoms with Crippen LogP contribution in [-0.2, 0) is 0 Å². The van der Waals surface area contributed by atoms with Crippen molar-refractivity contribution in [2.24, 2.45) is 11.3 Å². The van der Waals surface area contributed by atoms with Gasteiger partial charge in [0.15, 0.2) is 0 Å². The monoisotopic (exact) mass is 293 g/mol. The molecule has 1 N–H and O–H groups in total. The Morgan fingerprint density at radius 3 is 2.81 bits per heavy atom. The standard InChI is InChI=1S/C18H35N3/c1-16-6-5-8-18(12-16,14-19-2)15-20-10-11-21-9-4-3-7-17(21)13-20/h16-17,19H,3-15H2,1-2H3. The number of hydrogen-bond acceptors (Lipinski definition) is 3. The summed E-state index contributed by atoms with van der Waals surface area (Å²) in [6, 6.07) is 0.861. The lowest BCUT2D eigenvalue weighted by molar-refractivity contribution is 0.0105. The highest BCUT2D eigenvalue weighted by Gasteiger charge is 2.38. The normalized spacial score (nSPS) is 39.1. The predicted octanol–water partition coefficient (Wildman–Crippen LogP) is 2.57. The van der Waals surface area contributed by atoms with Crippen molar-refractivity contribution in [1.82, 2.24) is 15.1 Å². The van der Waals surface area contributed by atoms with Gasteiger partial charge < -0.3 is 5.32 Å². The van der Waals surface area contributed by atoms with E-state index in [1.807, 2.05) is 0 Å². The third kappa shape index (κ3) is 3.80. The van der Waals surface area contributed by atoms with Crippen molar-refractivity contribution in [2.75, 3.05) is 46.3 Å². The van der Waals surface area contributed by atoms with E-state index in [0.717, 1.165) is 12.0 Å². The Bertz CT molecular complexity index is 328. The van der Waals surface area contributed by atoms with E-state index < -0.39 is 0 Å². The SMILES string of the molecule is CNCC1(CN2CCN3CCCCC3C2)CCCC(C)C1. The summed E-state index contributed by atoms with van der Waals surface area (Å²) in [6.07, 6.45) is 10.1. The Morgan fingerprint density at radius 2 is 2.00 bits per heavy atom. The zero-order chi connectivity index (χ0) is 14.7. The molecule has 0 spiro atoms. The van der Waals surface area contributed by atoms with E-state index in [-0.39, 0.29) is 0 Å². The van der Waals surface area contributed by atoms with Gasteiger partial charge >= 0.3 is 0 Å². The number of rotatable bonds is 4. The number of nitrogens with one attached hydrogen (secondary N) is 1. The quantitative estimate of drug-likeness (QED) is 0.859. The van der Waals surface area contributed by atoms with Gasteiger partial charge in [-0.3, -0.25) is 9.80 Å². The lowest BCUT2D eigenvalue weighted by atomic mass is 9.69. The van der Waals surface area contributed by atoms with E-state index >= 15 is 0 Å². The summed E-state index contributed by atoms with van der Waals surface area (Å²) in [5.41, 5.74) is 0.545. The van der Waals surface area contributed by atoms with Gasteiger partial charge in [0.25, 0.3) is 0 Å². The molecule has 3 heteroatoms. The van der Waals surface area contributed by atoms with Gasteiger partial charge in [0, 0.05) is 38.8 Å². The molecule has 0 bridgehead atoms. The topological polar surface area (TPSA) is 18.5 Å². The average Bonchev–Trinajstić information content (AvgIpc) is 2.47. The summed E-state index contributed by atoms with van der Waals surface area (Å²) >= 11 is 0. The van der Waals surface area contributed by atoms with Gasteiger partial charge in [-0.05, 0) is 50.6 Å². The van der Waals surface area contributed by atoms with E-state index in [2.05, 4.69) is 29.1 Å². The van der Waals surface area contributed by atoms with Crippen molar-refractivity contribution in [3.63, 3.8) is 0 Å². The summed E-state index contributed by atoms with van der Waals surface area (Å²) in [7, 11) is 2.14. The average molecular weight is 293 g/mol. The van der Waals surface area contributed by atoms with Crippen molar-refractivity contribution in [3.05, 3.63) is 0 Å². The zero-order valence-electron chi connectivity index (χ0n) is 14.2. The fourth-order valence-electron chi connectivity index (χ4n) is 5.34. The highest BCUT2D eigenvalue weighted by molar-refractivity contribution is 4.93. The molecule has 0 amide bonds. The highest BCUT2D eigenvalue weighted by Crippen LogP contribution is 2.40. The number of piperidine rings is 1. The van der Waals surface area contributed by atoms with Crippen LogP contribution in [0.2, 0.25) is 0 Å². The molecule has 1 saturated carbocycles. The van der Waals surface area contributed by atoms with Gasteiger partial charge in [-0.2, -0.15) is 0 Å². The summed E-state index contributed by atoms with van der Waals surface area (Å²) in [5, 5.41) is 3.51. The van der Waals surface area contributed by atoms with E-state index in [1.54, 1.807) is 0 Å². The molecule has 1 aliphatic carbocycles. The van der Waals surface area contributed by atoms with Crippen LogP contribution in [0.3, 0.4) is 0 Å². The number of hydrogen-bond donors (Lipinski definition) is 1. The van der Waals surface area contributed by atoms with Gasteiger partial charge in [0.2, 0.25) is 0 Å². The van der Waals surface area contributed by atoms with Crippen LogP contribution in [0.25, 0.3) is 0 Å². The molecule has 2 aliphatic heterocycles. The summed E-state index contributed by atoms with van der Waals surface area (Å²) in [5.74, 6) is 0.920. The molecule has 3 aliphatic rings. The first-order valence-corrected chi connectivity index (χ1v) is 9.32. The van der Waals surface area contributed by atoms with E-state index in [1.165, 1.54) is 84.2 Å². The Kier molecular flexibility index (Phi) is 5.23. The fourth-order valence-corrected chi connectivity index (χ4v) is 5.34. The molecule has 122 valence electrons. The molecule has 21 heavy (non-hydrogen) atoms. The van der Waals surface area contributed by atoms with Crippen LogP contribution in [0.1, 0.15) is 51.9 Å². The smallest absolute Gasteiger partial charge is 0.0223 e. The lowest BCUT2D eigenvalue weighted by Gasteiger charge is -2.49. The van der Waals surface area contributed by atoms with Crippen molar-refractivity contribution >= 4 is 0 Å². The van der Waals surface area contributed by atoms with Crippen LogP contribution in [0.15, 0.2) is 0 Å². The van der Waals surface area contributed by atoms with Crippen LogP contribution in [0.5, 0.6) is 0 Å². The molecule has 0 aromatic carbocycles. The maximum absolute atomic E-state index is 3.51. The largest absolute Gasteiger partial charge is 0.319 e. The van der Waals surface area contributed by atoms with E-state index in [0.29, 0.717) is 5.41 Å². The second-order valence-electron chi connectivity index (χ2n) is 8.15. The van der Waals surface area contributed by atoms with Crippen LogP contribution >= 0.6 is 0 Å². The van der Waals surface area contributed by atoms with Crippen LogP contribution in [-0.4, -0.2) is 62.2 Å². The van der Waals surface area contributed by atoms with Crippen molar-refractivity contribution < 1.29 is 0 Å². The second kappa shape index (κ2) is 6.97. The van der Waals surface area contributed by atoms with Gasteiger partial charge in [-0.15, -0.1) is 0 Å². The first-order chi connectivity index (χ1) is 10.2. The van der Waals surface area contributed by atoms with E-state index in [9.17, 15) is 0 Å². The van der Waals surface area contributed by atoms with Crippen molar-refractivity contribution in [3.8, 4) is 0 Å². The summed E-state index contributed by atoms with van der Waals surface area (Å²) < 4.78 is 0. The lowest BCUT2D eigenvalue weighted by Crippen LogP contribution is -2.57. The zero-order valence-corrected chi connectivity index (χ0v) is 14.2. The molecule has 2 saturated heterocycles. The minimum absolute atomic E-state index is 0.545. The van der Waals surface area contributed by atoms with Crippen molar-refractivity contribution in [1.29, 1.82) is 0 Å². The van der Waals surface area contributed by atoms with Gasteiger partial charge in [0.1, 0.15) is 0 Å². The first kappa shape index (κ1) is 15.8. The Hall–Kier alpha value is -0.120. The summed E-state index contributed by atoms with van der Waals surface area (Å²) in [6.45, 7) is 10.3. The Labute approximate surface area is 131 Å². The molecule has 0 aromatic rings. The molecule has 3 atom stereocenters. The molecule has 0 radical (unpaired) electrons. The number of piperazine rings is 1. The second-order valence-corrected chi connectivity index (χ2v) is 8.15. The maximum Gasteiger partial charge on any atom is 0.0223 e. The fraction of sp³-hybridized carbons (Fsp3) is 1.00. The third-order valence-corrected chi connectivity index (χ3v) is 6.22. The van der Waals surface area contributed by atoms with Gasteiger partial charge in [-0.1, -0.05) is 26.2 Å². The van der Waals surface area contributed by atoms with Crippen LogP contribution < -0.4 is 5.32 Å². The van der Waals surface area contributed by atoms with Gasteiger partial charge in [-0.25, -0.2) is 0 Å². The number of nitrogens with zero attached hydrogens (tertiary/aromatic N) is 2. The van der Waals surface area contributed by atoms with Gasteiger partial charge in [0.05, 0.1) is 0 Å². The molecular weight excluding hydrogens is 258 g/mol. The predicted molar refractivity (Wildman–Crippen MR) is 89.6 cm³/mol. The number of fused-ring (bicyclic) bond motifs is 1. The van der Waals surface area contributed by atoms with Crippen molar-refractivity contribution in [2.45, 2.75) is 57.9 Å². The minimum atomic E-state index is 0.545. The molecule has 3 nitrogen and oxygen atoms in total. The maximum atomic E-state index is 3.51. The molecular formula is C18H35N3. The molecule has 3 fully saturated rings. The Morgan fingerprint density at radius 1 is 1.10 bits per heavy atom.